The van der Waals surface area contributed by atoms with Crippen molar-refractivity contribution in [1.29, 1.82) is 0 Å². The van der Waals surface area contributed by atoms with Crippen LogP contribution in [0.1, 0.15) is 126 Å². The van der Waals surface area contributed by atoms with Gasteiger partial charge in [0.15, 0.2) is 0 Å². The Morgan fingerprint density at radius 3 is 1.19 bits per heavy atom. The third-order valence-corrected chi connectivity index (χ3v) is 11.4. The largest absolute Gasteiger partial charge is 1.00 e. The number of unbranched alkanes of at least 4 members (excludes halogenated alkanes) is 9. The molecule has 0 heterocycles. The van der Waals surface area contributed by atoms with Crippen molar-refractivity contribution >= 4 is 11.8 Å². The zero-order valence-corrected chi connectivity index (χ0v) is 38.9. The molecule has 0 saturated heterocycles. The Morgan fingerprint density at radius 1 is 0.519 bits per heavy atom. The molecule has 0 saturated carbocycles. The molecule has 0 aliphatic carbocycles. The van der Waals surface area contributed by atoms with Crippen LogP contribution in [0.15, 0.2) is 48.5 Å². The highest BCUT2D eigenvalue weighted by atomic mass is 127. The zero-order valence-electron chi connectivity index (χ0n) is 34.5. The summed E-state index contributed by atoms with van der Waals surface area (Å²) in [4.78, 5) is 29.2. The molecule has 2 atom stereocenters. The highest BCUT2D eigenvalue weighted by molar-refractivity contribution is 5.76. The Hall–Kier alpha value is -1.24. The monoisotopic (exact) mass is 946 g/mol. The number of quaternary nitrogens is 2. The number of amides is 2. The molecule has 52 heavy (non-hydrogen) atoms. The number of hydrogen-bond donors (Lipinski definition) is 0. The van der Waals surface area contributed by atoms with E-state index in [0.29, 0.717) is 24.7 Å². The molecule has 0 spiro atoms. The lowest BCUT2D eigenvalue weighted by Gasteiger charge is -2.34. The number of carbonyl (C=O) groups is 2. The average Bonchev–Trinajstić information content (AvgIpc) is 3.10. The van der Waals surface area contributed by atoms with Crippen molar-refractivity contribution in [3.63, 3.8) is 0 Å². The Labute approximate surface area is 354 Å². The zero-order chi connectivity index (χ0) is 36.8. The van der Waals surface area contributed by atoms with Crippen molar-refractivity contribution in [3.8, 4) is 0 Å². The standard InChI is InChI=1S/C44H76N4O2.2HI/c1-9-47(7,37-41-29-21-19-27-39(41)3)35-25-15-17-31-43(49)45(5)33-23-13-11-12-14-24-34-46(6)44(50)32-18-16-26-36-48(8,10-2)38-42-30-22-20-28-40(42)4;;/h19-22,27-30H,9-18,23-26,31-38H2,1-8H3;2*1H/q+2;;/p-2. The molecular weight excluding hydrogens is 870 g/mol. The van der Waals surface area contributed by atoms with E-state index in [4.69, 9.17) is 0 Å². The molecule has 298 valence electrons. The van der Waals surface area contributed by atoms with E-state index in [9.17, 15) is 9.59 Å². The van der Waals surface area contributed by atoms with Gasteiger partial charge in [-0.1, -0.05) is 74.2 Å². The summed E-state index contributed by atoms with van der Waals surface area (Å²) >= 11 is 0. The first-order chi connectivity index (χ1) is 23.9. The summed E-state index contributed by atoms with van der Waals surface area (Å²) in [5.74, 6) is 0.587. The first-order valence-electron chi connectivity index (χ1n) is 20.2. The normalized spacial score (nSPS) is 13.3. The maximum Gasteiger partial charge on any atom is 0.222 e. The van der Waals surface area contributed by atoms with Gasteiger partial charge >= 0.3 is 0 Å². The van der Waals surface area contributed by atoms with Crippen molar-refractivity contribution < 1.29 is 66.5 Å². The molecule has 2 amide bonds. The minimum atomic E-state index is 0. The molecule has 0 bridgehead atoms. The lowest BCUT2D eigenvalue weighted by atomic mass is 10.1. The number of benzene rings is 2. The van der Waals surface area contributed by atoms with Crippen LogP contribution in [0.4, 0.5) is 0 Å². The molecule has 2 rings (SSSR count). The summed E-state index contributed by atoms with van der Waals surface area (Å²) in [6.07, 6.45) is 14.8. The van der Waals surface area contributed by atoms with E-state index in [-0.39, 0.29) is 48.0 Å². The van der Waals surface area contributed by atoms with Crippen molar-refractivity contribution in [1.82, 2.24) is 9.80 Å². The van der Waals surface area contributed by atoms with E-state index in [1.54, 1.807) is 0 Å². The van der Waals surface area contributed by atoms with E-state index in [1.807, 2.05) is 23.9 Å². The summed E-state index contributed by atoms with van der Waals surface area (Å²) in [6, 6.07) is 17.5. The summed E-state index contributed by atoms with van der Waals surface area (Å²) in [7, 11) is 8.67. The summed E-state index contributed by atoms with van der Waals surface area (Å²) in [5, 5.41) is 0. The van der Waals surface area contributed by atoms with Crippen LogP contribution < -0.4 is 48.0 Å². The van der Waals surface area contributed by atoms with Crippen LogP contribution in [0.25, 0.3) is 0 Å². The van der Waals surface area contributed by atoms with Gasteiger partial charge in [0.2, 0.25) is 11.8 Å². The SMILES string of the molecule is CC[N+](C)(CCCCCC(=O)N(C)CCCCCCCCN(C)C(=O)CCCCC[N+](C)(CC)Cc1ccccc1C)Cc1ccccc1C.[I-].[I-]. The second kappa shape index (κ2) is 28.2. The number of nitrogens with zero attached hydrogens (tertiary/aromatic N) is 4. The summed E-state index contributed by atoms with van der Waals surface area (Å²) < 4.78 is 2.12. The van der Waals surface area contributed by atoms with Gasteiger partial charge in [0.05, 0.1) is 40.3 Å². The third kappa shape index (κ3) is 20.4. The topological polar surface area (TPSA) is 40.6 Å². The molecular formula is C44H76I2N4O2. The van der Waals surface area contributed by atoms with E-state index in [0.717, 1.165) is 99.8 Å². The molecule has 8 heteroatoms. The Morgan fingerprint density at radius 2 is 0.846 bits per heavy atom. The van der Waals surface area contributed by atoms with Crippen LogP contribution >= 0.6 is 0 Å². The average molecular weight is 947 g/mol. The molecule has 2 aromatic rings. The van der Waals surface area contributed by atoms with Crippen LogP contribution in [0.2, 0.25) is 0 Å². The molecule has 0 fully saturated rings. The molecule has 0 aliphatic rings. The highest BCUT2D eigenvalue weighted by Gasteiger charge is 2.22. The maximum atomic E-state index is 12.7. The van der Waals surface area contributed by atoms with Gasteiger partial charge in [-0.25, -0.2) is 0 Å². The van der Waals surface area contributed by atoms with Crippen LogP contribution in [-0.4, -0.2) is 98.0 Å². The van der Waals surface area contributed by atoms with Crippen molar-refractivity contribution in [2.24, 2.45) is 0 Å². The van der Waals surface area contributed by atoms with Gasteiger partial charge in [-0.15, -0.1) is 0 Å². The lowest BCUT2D eigenvalue weighted by molar-refractivity contribution is -0.921. The van der Waals surface area contributed by atoms with Gasteiger partial charge in [-0.3, -0.25) is 9.59 Å². The van der Waals surface area contributed by atoms with Crippen LogP contribution in [0.5, 0.6) is 0 Å². The molecule has 2 aromatic carbocycles. The Bertz CT molecular complexity index is 1160. The minimum Gasteiger partial charge on any atom is -1.00 e. The Kier molecular flexibility index (Phi) is 27.5. The molecule has 0 aliphatic heterocycles. The first-order valence-corrected chi connectivity index (χ1v) is 20.2. The molecule has 2 unspecified atom stereocenters. The van der Waals surface area contributed by atoms with Gasteiger partial charge in [0.25, 0.3) is 0 Å². The number of aryl methyl sites for hydroxylation is 2. The summed E-state index contributed by atoms with van der Waals surface area (Å²) in [6.45, 7) is 17.5. The van der Waals surface area contributed by atoms with E-state index < -0.39 is 0 Å². The first kappa shape index (κ1) is 50.8. The van der Waals surface area contributed by atoms with Crippen LogP contribution in [-0.2, 0) is 22.7 Å². The fourth-order valence-corrected chi connectivity index (χ4v) is 7.02. The smallest absolute Gasteiger partial charge is 0.222 e. The number of rotatable bonds is 27. The van der Waals surface area contributed by atoms with Gasteiger partial charge < -0.3 is 66.7 Å². The molecule has 0 N–H and O–H groups in total. The number of halogens is 2. The maximum absolute atomic E-state index is 12.7. The van der Waals surface area contributed by atoms with E-state index >= 15 is 0 Å². The summed E-state index contributed by atoms with van der Waals surface area (Å²) in [5.41, 5.74) is 5.66. The second-order valence-electron chi connectivity index (χ2n) is 15.9. The highest BCUT2D eigenvalue weighted by Crippen LogP contribution is 2.19. The predicted molar refractivity (Wildman–Crippen MR) is 213 cm³/mol. The van der Waals surface area contributed by atoms with Gasteiger partial charge in [-0.2, -0.15) is 0 Å². The fourth-order valence-electron chi connectivity index (χ4n) is 7.02. The second-order valence-corrected chi connectivity index (χ2v) is 15.9. The van der Waals surface area contributed by atoms with Crippen LogP contribution in [0.3, 0.4) is 0 Å². The number of hydrogen-bond acceptors (Lipinski definition) is 2. The third-order valence-electron chi connectivity index (χ3n) is 11.4. The van der Waals surface area contributed by atoms with Crippen molar-refractivity contribution in [3.05, 3.63) is 70.8 Å². The van der Waals surface area contributed by atoms with Gasteiger partial charge in [-0.05, 0) is 90.2 Å². The quantitative estimate of drug-likeness (QED) is 0.0785. The van der Waals surface area contributed by atoms with Crippen LogP contribution in [0, 0.1) is 13.8 Å². The minimum absolute atomic E-state index is 0. The van der Waals surface area contributed by atoms with E-state index in [1.165, 1.54) is 60.8 Å². The van der Waals surface area contributed by atoms with E-state index in [2.05, 4.69) is 90.3 Å². The van der Waals surface area contributed by atoms with Crippen molar-refractivity contribution in [2.45, 2.75) is 131 Å². The van der Waals surface area contributed by atoms with Gasteiger partial charge in [0.1, 0.15) is 13.1 Å². The molecule has 0 aromatic heterocycles. The fraction of sp³-hybridized carbons (Fsp3) is 0.682. The van der Waals surface area contributed by atoms with Crippen molar-refractivity contribution in [2.75, 3.05) is 67.5 Å². The van der Waals surface area contributed by atoms with Gasteiger partial charge in [0, 0.05) is 51.2 Å². The number of carbonyl (C=O) groups excluding carboxylic acids is 2. The molecule has 6 nitrogen and oxygen atoms in total. The molecule has 0 radical (unpaired) electrons. The predicted octanol–water partition coefficient (Wildman–Crippen LogP) is 3.32. The Balaban J connectivity index is 0.0000130. The lowest BCUT2D eigenvalue weighted by Crippen LogP contribution is -3.00.